The minimum atomic E-state index is -1.19. The predicted molar refractivity (Wildman–Crippen MR) is 142 cm³/mol. The van der Waals surface area contributed by atoms with Gasteiger partial charge in [0.15, 0.2) is 0 Å². The predicted octanol–water partition coefficient (Wildman–Crippen LogP) is 6.29. The molecule has 0 aliphatic rings. The first-order valence-corrected chi connectivity index (χ1v) is 11.5. The second kappa shape index (κ2) is 11.2. The van der Waals surface area contributed by atoms with Crippen LogP contribution in [0, 0.1) is 4.91 Å². The molecular formula is C26H31ClN2O4S. The Labute approximate surface area is 211 Å². The fraction of sp³-hybridized carbons (Fsp3) is 0.346. The molecule has 0 bridgehead atoms. The van der Waals surface area contributed by atoms with Crippen molar-refractivity contribution in [2.75, 3.05) is 20.7 Å². The molecule has 6 nitrogen and oxygen atoms in total. The van der Waals surface area contributed by atoms with Crippen molar-refractivity contribution in [1.29, 1.82) is 0 Å². The Morgan fingerprint density at radius 1 is 1.00 bits per heavy atom. The summed E-state index contributed by atoms with van der Waals surface area (Å²) in [5.41, 5.74) is 1.32. The number of ether oxygens (including phenoxy) is 1. The van der Waals surface area contributed by atoms with Gasteiger partial charge in [-0.2, -0.15) is 0 Å². The van der Waals surface area contributed by atoms with Gasteiger partial charge in [-0.05, 0) is 73.5 Å². The third-order valence-electron chi connectivity index (χ3n) is 5.97. The van der Waals surface area contributed by atoms with Crippen molar-refractivity contribution in [3.8, 4) is 5.75 Å². The number of carbonyl (C=O) groups is 1. The van der Waals surface area contributed by atoms with Crippen LogP contribution in [0.3, 0.4) is 0 Å². The van der Waals surface area contributed by atoms with Gasteiger partial charge in [0.25, 0.3) is 0 Å². The molecule has 0 spiro atoms. The van der Waals surface area contributed by atoms with Gasteiger partial charge in [-0.3, -0.25) is 4.79 Å². The Bertz CT molecular complexity index is 1150. The Morgan fingerprint density at radius 3 is 2.18 bits per heavy atom. The molecule has 1 atom stereocenters. The number of halogens is 1. The maximum absolute atomic E-state index is 12.5. The fourth-order valence-corrected chi connectivity index (χ4v) is 4.65. The van der Waals surface area contributed by atoms with Crippen LogP contribution in [0.5, 0.6) is 5.75 Å². The van der Waals surface area contributed by atoms with E-state index < -0.39 is 11.4 Å². The minimum absolute atomic E-state index is 0. The Kier molecular flexibility index (Phi) is 9.11. The van der Waals surface area contributed by atoms with Crippen LogP contribution < -0.4 is 4.74 Å². The molecule has 0 unspecified atom stereocenters. The molecule has 1 N–H and O–H groups in total. The molecule has 8 heteroatoms. The molecule has 0 aliphatic carbocycles. The maximum atomic E-state index is 12.5. The topological polar surface area (TPSA) is 79.2 Å². The summed E-state index contributed by atoms with van der Waals surface area (Å²) in [6.07, 6.45) is 0. The highest BCUT2D eigenvalue weighted by Crippen LogP contribution is 2.35. The molecule has 0 aromatic heterocycles. The van der Waals surface area contributed by atoms with Crippen molar-refractivity contribution in [3.63, 3.8) is 0 Å². The van der Waals surface area contributed by atoms with Gasteiger partial charge >= 0.3 is 5.97 Å². The van der Waals surface area contributed by atoms with Crippen LogP contribution in [0.1, 0.15) is 37.5 Å². The molecule has 0 saturated heterocycles. The number of carboxylic acid groups (broad SMARTS) is 1. The molecular weight excluding hydrogens is 472 g/mol. The zero-order valence-corrected chi connectivity index (χ0v) is 21.7. The van der Waals surface area contributed by atoms with E-state index in [9.17, 15) is 14.8 Å². The Hall–Kier alpha value is -2.61. The normalized spacial score (nSPS) is 13.2. The number of benzene rings is 3. The summed E-state index contributed by atoms with van der Waals surface area (Å²) in [4.78, 5) is 25.2. The molecule has 182 valence electrons. The van der Waals surface area contributed by atoms with Gasteiger partial charge in [0, 0.05) is 34.4 Å². The summed E-state index contributed by atoms with van der Waals surface area (Å²) in [6.45, 7) is 7.09. The van der Waals surface area contributed by atoms with E-state index in [2.05, 4.69) is 9.48 Å². The Balaban J connectivity index is 0.00000408. The van der Waals surface area contributed by atoms with Crippen molar-refractivity contribution in [2.24, 2.45) is 4.58 Å². The lowest BCUT2D eigenvalue weighted by atomic mass is 9.75. The first-order valence-electron chi connectivity index (χ1n) is 10.7. The van der Waals surface area contributed by atoms with E-state index in [-0.39, 0.29) is 17.2 Å². The van der Waals surface area contributed by atoms with Crippen LogP contribution in [-0.4, -0.2) is 41.4 Å². The molecule has 0 fully saturated rings. The van der Waals surface area contributed by atoms with E-state index in [0.29, 0.717) is 13.1 Å². The lowest BCUT2D eigenvalue weighted by Gasteiger charge is -2.28. The van der Waals surface area contributed by atoms with E-state index in [1.807, 2.05) is 81.6 Å². The second-order valence-corrected chi connectivity index (χ2v) is 10.6. The van der Waals surface area contributed by atoms with Crippen molar-refractivity contribution in [3.05, 3.63) is 82.3 Å². The summed E-state index contributed by atoms with van der Waals surface area (Å²) < 4.78 is 7.97. The zero-order chi connectivity index (χ0) is 24.2. The first-order chi connectivity index (χ1) is 15.6. The summed E-state index contributed by atoms with van der Waals surface area (Å²) in [5.74, 6) is -0.137. The third kappa shape index (κ3) is 6.09. The lowest BCUT2D eigenvalue weighted by Crippen LogP contribution is -2.34. The summed E-state index contributed by atoms with van der Waals surface area (Å²) in [7, 11) is 3.62. The molecule has 0 aliphatic heterocycles. The molecule has 34 heavy (non-hydrogen) atoms. The highest BCUT2D eigenvalue weighted by molar-refractivity contribution is 7.99. The molecule has 0 saturated carbocycles. The molecule has 0 radical (unpaired) electrons. The molecule has 0 amide bonds. The number of carboxylic acids is 1. The molecule has 3 aromatic carbocycles. The average molecular weight is 503 g/mol. The number of hydrogen-bond acceptors (Lipinski definition) is 6. The zero-order valence-electron chi connectivity index (χ0n) is 20.1. The van der Waals surface area contributed by atoms with Crippen molar-refractivity contribution in [2.45, 2.75) is 37.5 Å². The van der Waals surface area contributed by atoms with Gasteiger partial charge in [0.2, 0.25) is 0 Å². The summed E-state index contributed by atoms with van der Waals surface area (Å²) >= 11 is 1.04. The van der Waals surface area contributed by atoms with Crippen LogP contribution >= 0.6 is 24.4 Å². The SMILES string of the molecule is COc1ccc2cc([C@@](C)(C(=O)O)c3ccc(CN(C)CC(C)(C)SN=O)cc3)ccc2c1.Cl. The van der Waals surface area contributed by atoms with E-state index in [4.69, 9.17) is 4.74 Å². The quantitative estimate of drug-likeness (QED) is 0.259. The van der Waals surface area contributed by atoms with Gasteiger partial charge in [-0.1, -0.05) is 42.5 Å². The van der Waals surface area contributed by atoms with Gasteiger partial charge in [0.1, 0.15) is 11.2 Å². The fourth-order valence-electron chi connectivity index (χ4n) is 4.17. The summed E-state index contributed by atoms with van der Waals surface area (Å²) in [5, 5.41) is 12.2. The van der Waals surface area contributed by atoms with E-state index in [1.165, 1.54) is 0 Å². The van der Waals surface area contributed by atoms with Crippen molar-refractivity contribution >= 4 is 41.1 Å². The Morgan fingerprint density at radius 2 is 1.59 bits per heavy atom. The van der Waals surface area contributed by atoms with Crippen LogP contribution in [0.15, 0.2) is 65.2 Å². The number of methoxy groups -OCH3 is 1. The van der Waals surface area contributed by atoms with Gasteiger partial charge in [-0.25, -0.2) is 0 Å². The standard InChI is InChI=1S/C26H30N2O4S.ClH/c1-25(2,33-27-31)17-28(4)16-18-6-10-21(11-7-18)26(3,24(29)30)22-12-8-20-15-23(32-5)13-9-19(20)14-22;/h6-15H,16-17H2,1-5H3,(H,29,30);1H/t26-;/m0./s1. The number of hydrogen-bond donors (Lipinski definition) is 1. The third-order valence-corrected chi connectivity index (χ3v) is 6.67. The first kappa shape index (κ1) is 27.6. The smallest absolute Gasteiger partial charge is 0.318 e. The number of nitrogens with zero attached hydrogens (tertiary/aromatic N) is 2. The highest BCUT2D eigenvalue weighted by atomic mass is 35.5. The molecule has 3 rings (SSSR count). The van der Waals surface area contributed by atoms with Crippen LogP contribution in [0.2, 0.25) is 0 Å². The van der Waals surface area contributed by atoms with Gasteiger partial charge < -0.3 is 14.7 Å². The minimum Gasteiger partial charge on any atom is -0.497 e. The highest BCUT2D eigenvalue weighted by Gasteiger charge is 2.37. The number of nitroso groups, excluding NO2 is 1. The lowest BCUT2D eigenvalue weighted by molar-refractivity contribution is -0.141. The summed E-state index contributed by atoms with van der Waals surface area (Å²) in [6, 6.07) is 19.2. The maximum Gasteiger partial charge on any atom is 0.318 e. The largest absolute Gasteiger partial charge is 0.497 e. The van der Waals surface area contributed by atoms with Gasteiger partial charge in [-0.15, -0.1) is 17.3 Å². The number of fused-ring (bicyclic) bond motifs is 1. The van der Waals surface area contributed by atoms with Crippen molar-refractivity contribution < 1.29 is 14.6 Å². The van der Waals surface area contributed by atoms with Crippen LogP contribution in [0.25, 0.3) is 10.8 Å². The second-order valence-electron chi connectivity index (χ2n) is 9.15. The van der Waals surface area contributed by atoms with E-state index >= 15 is 0 Å². The van der Waals surface area contributed by atoms with Crippen LogP contribution in [0.4, 0.5) is 0 Å². The van der Waals surface area contributed by atoms with E-state index in [0.717, 1.165) is 45.2 Å². The van der Waals surface area contributed by atoms with Crippen LogP contribution in [-0.2, 0) is 16.8 Å². The molecule has 3 aromatic rings. The van der Waals surface area contributed by atoms with Crippen molar-refractivity contribution in [1.82, 2.24) is 4.90 Å². The number of aliphatic carboxylic acids is 1. The number of rotatable bonds is 10. The average Bonchev–Trinajstić information content (AvgIpc) is 2.77. The molecule has 0 heterocycles. The van der Waals surface area contributed by atoms with E-state index in [1.54, 1.807) is 14.0 Å². The monoisotopic (exact) mass is 502 g/mol. The van der Waals surface area contributed by atoms with Gasteiger partial charge in [0.05, 0.1) is 7.11 Å².